The molecule has 1 aromatic carbocycles. The molecule has 0 spiro atoms. The molecule has 1 amide bonds. The lowest BCUT2D eigenvalue weighted by Crippen LogP contribution is -2.15. The molecule has 4 N–H and O–H groups in total. The molecule has 1 heterocycles. The molecule has 1 aromatic heterocycles. The van der Waals surface area contributed by atoms with Crippen molar-refractivity contribution in [2.45, 2.75) is 6.54 Å². The number of rotatable bonds is 5. The molecule has 0 unspecified atom stereocenters. The molecule has 8 heteroatoms. The van der Waals surface area contributed by atoms with E-state index >= 15 is 0 Å². The monoisotopic (exact) mass is 307 g/mol. The molecule has 110 valence electrons. The lowest BCUT2D eigenvalue weighted by atomic mass is 10.1. The van der Waals surface area contributed by atoms with Crippen LogP contribution in [0.15, 0.2) is 23.6 Å². The van der Waals surface area contributed by atoms with Crippen LogP contribution in [-0.2, 0) is 6.54 Å². The third-order valence-corrected chi connectivity index (χ3v) is 3.54. The van der Waals surface area contributed by atoms with Crippen LogP contribution < -0.4 is 15.8 Å². The number of aromatic carboxylic acids is 1. The summed E-state index contributed by atoms with van der Waals surface area (Å²) < 4.78 is 5.02. The Balaban J connectivity index is 2.28. The SMILES string of the molecule is COc1ccc(C(=O)O)c(NC(=O)c2csc(CN)n2)c1. The first kappa shape index (κ1) is 14.9. The Kier molecular flexibility index (Phi) is 4.51. The number of nitrogens with two attached hydrogens (primary N) is 1. The summed E-state index contributed by atoms with van der Waals surface area (Å²) in [6, 6.07) is 4.31. The molecule has 0 fully saturated rings. The van der Waals surface area contributed by atoms with Crippen molar-refractivity contribution in [3.63, 3.8) is 0 Å². The van der Waals surface area contributed by atoms with Gasteiger partial charge in [-0.05, 0) is 12.1 Å². The van der Waals surface area contributed by atoms with Gasteiger partial charge in [-0.15, -0.1) is 11.3 Å². The number of hydrogen-bond acceptors (Lipinski definition) is 6. The molecule has 0 saturated heterocycles. The summed E-state index contributed by atoms with van der Waals surface area (Å²) in [5, 5.41) is 13.9. The third kappa shape index (κ3) is 3.36. The maximum atomic E-state index is 12.1. The number of thiazole rings is 1. The topological polar surface area (TPSA) is 115 Å². The fourth-order valence-electron chi connectivity index (χ4n) is 1.64. The summed E-state index contributed by atoms with van der Waals surface area (Å²) >= 11 is 1.27. The van der Waals surface area contributed by atoms with Gasteiger partial charge in [-0.2, -0.15) is 0 Å². The number of anilines is 1. The molecule has 2 rings (SSSR count). The van der Waals surface area contributed by atoms with Crippen LogP contribution in [-0.4, -0.2) is 29.1 Å². The fraction of sp³-hybridized carbons (Fsp3) is 0.154. The molecule has 0 bridgehead atoms. The standard InChI is InChI=1S/C13H13N3O4S/c1-20-7-2-3-8(13(18)19)9(4-7)16-12(17)10-6-21-11(5-14)15-10/h2-4,6H,5,14H2,1H3,(H,16,17)(H,18,19). The first-order chi connectivity index (χ1) is 10.0. The van der Waals surface area contributed by atoms with Gasteiger partial charge in [0.25, 0.3) is 5.91 Å². The van der Waals surface area contributed by atoms with Crippen molar-refractivity contribution >= 4 is 28.9 Å². The molecule has 21 heavy (non-hydrogen) atoms. The van der Waals surface area contributed by atoms with Gasteiger partial charge in [-0.3, -0.25) is 4.79 Å². The van der Waals surface area contributed by atoms with Gasteiger partial charge in [-0.1, -0.05) is 0 Å². The van der Waals surface area contributed by atoms with Crippen LogP contribution in [0.1, 0.15) is 25.9 Å². The van der Waals surface area contributed by atoms with E-state index in [1.165, 1.54) is 36.6 Å². The number of nitrogens with one attached hydrogen (secondary N) is 1. The quantitative estimate of drug-likeness (QED) is 0.772. The number of benzene rings is 1. The predicted octanol–water partition coefficient (Wildman–Crippen LogP) is 1.56. The van der Waals surface area contributed by atoms with Gasteiger partial charge in [0.15, 0.2) is 0 Å². The number of hydrogen-bond donors (Lipinski definition) is 3. The Hall–Kier alpha value is -2.45. The lowest BCUT2D eigenvalue weighted by Gasteiger charge is -2.09. The van der Waals surface area contributed by atoms with Crippen LogP contribution in [0.2, 0.25) is 0 Å². The normalized spacial score (nSPS) is 10.2. The molecular formula is C13H13N3O4S. The Morgan fingerprint density at radius 3 is 2.81 bits per heavy atom. The van der Waals surface area contributed by atoms with Crippen LogP contribution >= 0.6 is 11.3 Å². The maximum Gasteiger partial charge on any atom is 0.337 e. The summed E-state index contributed by atoms with van der Waals surface area (Å²) in [6.45, 7) is 0.248. The molecule has 0 saturated carbocycles. The zero-order valence-electron chi connectivity index (χ0n) is 11.1. The Labute approximate surface area is 124 Å². The summed E-state index contributed by atoms with van der Waals surface area (Å²) in [5.74, 6) is -1.20. The minimum absolute atomic E-state index is 0.0292. The highest BCUT2D eigenvalue weighted by Gasteiger charge is 2.16. The van der Waals surface area contributed by atoms with Crippen LogP contribution in [0, 0.1) is 0 Å². The van der Waals surface area contributed by atoms with Crippen LogP contribution in [0.25, 0.3) is 0 Å². The largest absolute Gasteiger partial charge is 0.497 e. The van der Waals surface area contributed by atoms with Crippen molar-refractivity contribution in [3.05, 3.63) is 39.8 Å². The first-order valence-electron chi connectivity index (χ1n) is 5.92. The second-order valence-corrected chi connectivity index (χ2v) is 4.94. The number of ether oxygens (including phenoxy) is 1. The van der Waals surface area contributed by atoms with Crippen LogP contribution in [0.4, 0.5) is 5.69 Å². The van der Waals surface area contributed by atoms with Crippen molar-refractivity contribution in [1.29, 1.82) is 0 Å². The van der Waals surface area contributed by atoms with Crippen molar-refractivity contribution < 1.29 is 19.4 Å². The van der Waals surface area contributed by atoms with Gasteiger partial charge >= 0.3 is 5.97 Å². The fourth-order valence-corrected chi connectivity index (χ4v) is 2.29. The van der Waals surface area contributed by atoms with Crippen molar-refractivity contribution in [3.8, 4) is 5.75 Å². The average Bonchev–Trinajstić information content (AvgIpc) is 2.95. The number of carboxylic acid groups (broad SMARTS) is 1. The highest BCUT2D eigenvalue weighted by atomic mass is 32.1. The zero-order chi connectivity index (χ0) is 15.4. The molecule has 0 aliphatic rings. The number of amides is 1. The smallest absolute Gasteiger partial charge is 0.337 e. The van der Waals surface area contributed by atoms with Gasteiger partial charge < -0.3 is 20.9 Å². The number of aromatic nitrogens is 1. The Morgan fingerprint density at radius 2 is 2.24 bits per heavy atom. The molecule has 0 aliphatic heterocycles. The van der Waals surface area contributed by atoms with Gasteiger partial charge in [0, 0.05) is 18.0 Å². The van der Waals surface area contributed by atoms with Crippen LogP contribution in [0.3, 0.4) is 0 Å². The number of carbonyl (C=O) groups is 2. The number of carbonyl (C=O) groups excluding carboxylic acids is 1. The predicted molar refractivity (Wildman–Crippen MR) is 77.9 cm³/mol. The Morgan fingerprint density at radius 1 is 1.48 bits per heavy atom. The number of nitrogens with zero attached hydrogens (tertiary/aromatic N) is 1. The van der Waals surface area contributed by atoms with E-state index in [0.717, 1.165) is 0 Å². The highest BCUT2D eigenvalue weighted by molar-refractivity contribution is 7.09. The highest BCUT2D eigenvalue weighted by Crippen LogP contribution is 2.23. The minimum atomic E-state index is -1.14. The van der Waals surface area contributed by atoms with E-state index in [1.54, 1.807) is 5.38 Å². The van der Waals surface area contributed by atoms with Gasteiger partial charge in [0.1, 0.15) is 16.5 Å². The van der Waals surface area contributed by atoms with Gasteiger partial charge in [0.2, 0.25) is 0 Å². The van der Waals surface area contributed by atoms with E-state index in [1.807, 2.05) is 0 Å². The van der Waals surface area contributed by atoms with Crippen LogP contribution in [0.5, 0.6) is 5.75 Å². The molecule has 0 aliphatic carbocycles. The summed E-state index contributed by atoms with van der Waals surface area (Å²) in [7, 11) is 1.45. The molecular weight excluding hydrogens is 294 g/mol. The number of carboxylic acids is 1. The zero-order valence-corrected chi connectivity index (χ0v) is 11.9. The van der Waals surface area contributed by atoms with E-state index in [-0.39, 0.29) is 23.5 Å². The van der Waals surface area contributed by atoms with E-state index < -0.39 is 11.9 Å². The van der Waals surface area contributed by atoms with Crippen molar-refractivity contribution in [2.75, 3.05) is 12.4 Å². The molecule has 7 nitrogen and oxygen atoms in total. The first-order valence-corrected chi connectivity index (χ1v) is 6.80. The van der Waals surface area contributed by atoms with E-state index in [2.05, 4.69) is 10.3 Å². The summed E-state index contributed by atoms with van der Waals surface area (Å²) in [4.78, 5) is 27.3. The maximum absolute atomic E-state index is 12.1. The van der Waals surface area contributed by atoms with Crippen molar-refractivity contribution in [1.82, 2.24) is 4.98 Å². The second-order valence-electron chi connectivity index (χ2n) is 4.00. The van der Waals surface area contributed by atoms with E-state index in [0.29, 0.717) is 10.8 Å². The third-order valence-electron chi connectivity index (χ3n) is 2.66. The minimum Gasteiger partial charge on any atom is -0.497 e. The lowest BCUT2D eigenvalue weighted by molar-refractivity contribution is 0.0698. The molecule has 0 radical (unpaired) electrons. The Bertz CT molecular complexity index is 684. The summed E-state index contributed by atoms with van der Waals surface area (Å²) in [6.07, 6.45) is 0. The second kappa shape index (κ2) is 6.33. The van der Waals surface area contributed by atoms with Gasteiger partial charge in [0.05, 0.1) is 18.4 Å². The molecule has 2 aromatic rings. The average molecular weight is 307 g/mol. The van der Waals surface area contributed by atoms with Gasteiger partial charge in [-0.25, -0.2) is 9.78 Å². The van der Waals surface area contributed by atoms with E-state index in [4.69, 9.17) is 15.6 Å². The molecule has 0 atom stereocenters. The van der Waals surface area contributed by atoms with Crippen molar-refractivity contribution in [2.24, 2.45) is 5.73 Å². The number of methoxy groups -OCH3 is 1. The van der Waals surface area contributed by atoms with E-state index in [9.17, 15) is 9.59 Å². The summed E-state index contributed by atoms with van der Waals surface area (Å²) in [5.41, 5.74) is 5.75.